The SMILES string of the molecule is O=C(CC1CC2CCC(C1)N2)OCCCc1ccccc1. The van der Waals surface area contributed by atoms with E-state index in [4.69, 9.17) is 4.74 Å². The standard InChI is InChI=1S/C18H25NO2/c20-18(13-15-11-16-8-9-17(12-15)19-16)21-10-4-7-14-5-2-1-3-6-14/h1-3,5-6,15-17,19H,4,7-13H2. The van der Waals surface area contributed by atoms with Gasteiger partial charge in [-0.1, -0.05) is 30.3 Å². The highest BCUT2D eigenvalue weighted by molar-refractivity contribution is 5.69. The van der Waals surface area contributed by atoms with E-state index in [0.717, 1.165) is 25.7 Å². The fraction of sp³-hybridized carbons (Fsp3) is 0.611. The molecule has 2 atom stereocenters. The van der Waals surface area contributed by atoms with Crippen molar-refractivity contribution in [3.05, 3.63) is 35.9 Å². The summed E-state index contributed by atoms with van der Waals surface area (Å²) in [6, 6.07) is 11.7. The zero-order chi connectivity index (χ0) is 14.5. The number of rotatable bonds is 6. The molecule has 3 heteroatoms. The summed E-state index contributed by atoms with van der Waals surface area (Å²) in [6.07, 6.45) is 7.37. The Morgan fingerprint density at radius 1 is 1.14 bits per heavy atom. The lowest BCUT2D eigenvalue weighted by atomic mass is 9.90. The first kappa shape index (κ1) is 14.6. The van der Waals surface area contributed by atoms with E-state index in [9.17, 15) is 4.79 Å². The van der Waals surface area contributed by atoms with Crippen molar-refractivity contribution in [2.75, 3.05) is 6.61 Å². The van der Waals surface area contributed by atoms with Crippen molar-refractivity contribution in [3.63, 3.8) is 0 Å². The van der Waals surface area contributed by atoms with Crippen LogP contribution in [0.15, 0.2) is 30.3 Å². The number of ether oxygens (including phenoxy) is 1. The lowest BCUT2D eigenvalue weighted by molar-refractivity contribution is -0.145. The van der Waals surface area contributed by atoms with Gasteiger partial charge >= 0.3 is 5.97 Å². The molecule has 0 saturated carbocycles. The average Bonchev–Trinajstić information content (AvgIpc) is 2.84. The molecular formula is C18H25NO2. The van der Waals surface area contributed by atoms with Gasteiger partial charge in [-0.05, 0) is 50.0 Å². The van der Waals surface area contributed by atoms with Crippen molar-refractivity contribution >= 4 is 5.97 Å². The summed E-state index contributed by atoms with van der Waals surface area (Å²) in [5, 5.41) is 3.61. The van der Waals surface area contributed by atoms with Crippen LogP contribution in [0.5, 0.6) is 0 Å². The van der Waals surface area contributed by atoms with Gasteiger partial charge in [-0.2, -0.15) is 0 Å². The molecule has 3 nitrogen and oxygen atoms in total. The fourth-order valence-corrected chi connectivity index (χ4v) is 3.74. The number of carbonyl (C=O) groups is 1. The van der Waals surface area contributed by atoms with E-state index in [0.29, 0.717) is 31.0 Å². The average molecular weight is 287 g/mol. The van der Waals surface area contributed by atoms with E-state index in [1.807, 2.05) is 18.2 Å². The smallest absolute Gasteiger partial charge is 0.306 e. The minimum Gasteiger partial charge on any atom is -0.466 e. The first-order valence-corrected chi connectivity index (χ1v) is 8.25. The highest BCUT2D eigenvalue weighted by atomic mass is 16.5. The van der Waals surface area contributed by atoms with Gasteiger partial charge < -0.3 is 10.1 Å². The van der Waals surface area contributed by atoms with Gasteiger partial charge in [0.05, 0.1) is 6.61 Å². The van der Waals surface area contributed by atoms with Crippen molar-refractivity contribution in [1.29, 1.82) is 0 Å². The van der Waals surface area contributed by atoms with Crippen LogP contribution in [-0.4, -0.2) is 24.7 Å². The number of esters is 1. The molecule has 1 aromatic carbocycles. The largest absolute Gasteiger partial charge is 0.466 e. The van der Waals surface area contributed by atoms with Gasteiger partial charge in [0.25, 0.3) is 0 Å². The molecular weight excluding hydrogens is 262 g/mol. The minimum atomic E-state index is -0.00522. The third-order valence-corrected chi connectivity index (χ3v) is 4.74. The van der Waals surface area contributed by atoms with Crippen LogP contribution in [-0.2, 0) is 16.0 Å². The van der Waals surface area contributed by atoms with Gasteiger partial charge in [0.1, 0.15) is 0 Å². The van der Waals surface area contributed by atoms with Crippen molar-refractivity contribution < 1.29 is 9.53 Å². The Kier molecular flexibility index (Phi) is 4.91. The van der Waals surface area contributed by atoms with E-state index < -0.39 is 0 Å². The maximum absolute atomic E-state index is 11.9. The predicted molar refractivity (Wildman–Crippen MR) is 83.0 cm³/mol. The highest BCUT2D eigenvalue weighted by Gasteiger charge is 2.34. The number of fused-ring (bicyclic) bond motifs is 2. The van der Waals surface area contributed by atoms with Gasteiger partial charge in [0, 0.05) is 18.5 Å². The van der Waals surface area contributed by atoms with Crippen LogP contribution in [0.3, 0.4) is 0 Å². The van der Waals surface area contributed by atoms with Gasteiger partial charge in [-0.25, -0.2) is 0 Å². The molecule has 2 aliphatic heterocycles. The van der Waals surface area contributed by atoms with Crippen LogP contribution in [0.4, 0.5) is 0 Å². The summed E-state index contributed by atoms with van der Waals surface area (Å²) < 4.78 is 5.40. The molecule has 1 aromatic rings. The Labute approximate surface area is 127 Å². The molecule has 0 spiro atoms. The van der Waals surface area contributed by atoms with Crippen molar-refractivity contribution in [3.8, 4) is 0 Å². The molecule has 1 N–H and O–H groups in total. The second kappa shape index (κ2) is 7.08. The van der Waals surface area contributed by atoms with Gasteiger partial charge in [-0.15, -0.1) is 0 Å². The maximum atomic E-state index is 11.9. The Morgan fingerprint density at radius 3 is 2.57 bits per heavy atom. The second-order valence-electron chi connectivity index (χ2n) is 6.49. The summed E-state index contributed by atoms with van der Waals surface area (Å²) in [5.41, 5.74) is 1.31. The number of aryl methyl sites for hydroxylation is 1. The number of piperidine rings is 1. The van der Waals surface area contributed by atoms with Crippen LogP contribution in [0, 0.1) is 5.92 Å². The van der Waals surface area contributed by atoms with Crippen LogP contribution in [0.1, 0.15) is 44.1 Å². The van der Waals surface area contributed by atoms with Crippen molar-refractivity contribution in [2.24, 2.45) is 5.92 Å². The summed E-state index contributed by atoms with van der Waals surface area (Å²) in [4.78, 5) is 11.9. The van der Waals surface area contributed by atoms with Crippen molar-refractivity contribution in [2.45, 2.75) is 57.0 Å². The summed E-state index contributed by atoms with van der Waals surface area (Å²) >= 11 is 0. The second-order valence-corrected chi connectivity index (χ2v) is 6.49. The topological polar surface area (TPSA) is 38.3 Å². The monoisotopic (exact) mass is 287 g/mol. The Hall–Kier alpha value is -1.35. The van der Waals surface area contributed by atoms with E-state index in [-0.39, 0.29) is 5.97 Å². The van der Waals surface area contributed by atoms with E-state index in [1.54, 1.807) is 0 Å². The molecule has 0 aromatic heterocycles. The number of hydrogen-bond donors (Lipinski definition) is 1. The third kappa shape index (κ3) is 4.31. The normalized spacial score (nSPS) is 27.5. The Morgan fingerprint density at radius 2 is 1.86 bits per heavy atom. The van der Waals surface area contributed by atoms with Crippen molar-refractivity contribution in [1.82, 2.24) is 5.32 Å². The highest BCUT2D eigenvalue weighted by Crippen LogP contribution is 2.32. The molecule has 0 radical (unpaired) electrons. The Bertz CT molecular complexity index is 448. The molecule has 2 unspecified atom stereocenters. The van der Waals surface area contributed by atoms with Crippen LogP contribution in [0.2, 0.25) is 0 Å². The van der Waals surface area contributed by atoms with Gasteiger partial charge in [0.15, 0.2) is 0 Å². The minimum absolute atomic E-state index is 0.00522. The van der Waals surface area contributed by atoms with Gasteiger partial charge in [-0.3, -0.25) is 4.79 Å². The first-order valence-electron chi connectivity index (χ1n) is 8.25. The number of nitrogens with one attached hydrogen (secondary N) is 1. The van der Waals surface area contributed by atoms with Crippen LogP contribution >= 0.6 is 0 Å². The number of hydrogen-bond acceptors (Lipinski definition) is 3. The summed E-state index contributed by atoms with van der Waals surface area (Å²) in [7, 11) is 0. The molecule has 2 fully saturated rings. The summed E-state index contributed by atoms with van der Waals surface area (Å²) in [5.74, 6) is 0.528. The molecule has 114 valence electrons. The van der Waals surface area contributed by atoms with E-state index >= 15 is 0 Å². The Balaban J connectivity index is 1.31. The van der Waals surface area contributed by atoms with Crippen LogP contribution < -0.4 is 5.32 Å². The van der Waals surface area contributed by atoms with Gasteiger partial charge in [0.2, 0.25) is 0 Å². The van der Waals surface area contributed by atoms with Crippen LogP contribution in [0.25, 0.3) is 0 Å². The van der Waals surface area contributed by atoms with E-state index in [1.165, 1.54) is 18.4 Å². The third-order valence-electron chi connectivity index (χ3n) is 4.74. The first-order chi connectivity index (χ1) is 10.3. The van der Waals surface area contributed by atoms with E-state index in [2.05, 4.69) is 17.4 Å². The predicted octanol–water partition coefficient (Wildman–Crippen LogP) is 3.08. The number of carbonyl (C=O) groups excluding carboxylic acids is 1. The lowest BCUT2D eigenvalue weighted by Gasteiger charge is -2.28. The zero-order valence-electron chi connectivity index (χ0n) is 12.6. The quantitative estimate of drug-likeness (QED) is 0.645. The summed E-state index contributed by atoms with van der Waals surface area (Å²) in [6.45, 7) is 0.547. The molecule has 3 rings (SSSR count). The lowest BCUT2D eigenvalue weighted by Crippen LogP contribution is -2.38. The molecule has 2 saturated heterocycles. The fourth-order valence-electron chi connectivity index (χ4n) is 3.74. The molecule has 2 heterocycles. The maximum Gasteiger partial charge on any atom is 0.306 e. The molecule has 0 aliphatic carbocycles. The molecule has 21 heavy (non-hydrogen) atoms. The molecule has 0 amide bonds. The number of benzene rings is 1. The zero-order valence-corrected chi connectivity index (χ0v) is 12.6. The molecule has 2 bridgehead atoms. The molecule has 2 aliphatic rings.